The molecule has 8 heteroatoms. The number of benzene rings is 1. The molecule has 0 spiro atoms. The van der Waals surface area contributed by atoms with E-state index >= 15 is 0 Å². The Balaban J connectivity index is 2.80. The van der Waals surface area contributed by atoms with Crippen molar-refractivity contribution in [1.82, 2.24) is 10.0 Å². The molecule has 0 radical (unpaired) electrons. The maximum atomic E-state index is 12.2. The first-order valence-corrected chi connectivity index (χ1v) is 8.81. The van der Waals surface area contributed by atoms with Gasteiger partial charge in [0.15, 0.2) is 0 Å². The van der Waals surface area contributed by atoms with Gasteiger partial charge in [-0.05, 0) is 44.5 Å². The van der Waals surface area contributed by atoms with Crippen molar-refractivity contribution in [3.8, 4) is 0 Å². The zero-order chi connectivity index (χ0) is 18.4. The van der Waals surface area contributed by atoms with Crippen LogP contribution < -0.4 is 10.0 Å². The number of sulfonamides is 1. The van der Waals surface area contributed by atoms with Crippen molar-refractivity contribution in [2.24, 2.45) is 0 Å². The fraction of sp³-hybridized carbons (Fsp3) is 0.375. The lowest BCUT2D eigenvalue weighted by molar-refractivity contribution is -0.137. The number of carboxylic acids is 1. The third kappa shape index (κ3) is 6.13. The molecule has 0 fully saturated rings. The molecule has 0 bridgehead atoms. The van der Waals surface area contributed by atoms with E-state index in [-0.39, 0.29) is 24.3 Å². The number of carbonyl (C=O) groups excluding carboxylic acids is 1. The Morgan fingerprint density at radius 2 is 1.83 bits per heavy atom. The van der Waals surface area contributed by atoms with Crippen molar-refractivity contribution in [3.05, 3.63) is 42.5 Å². The van der Waals surface area contributed by atoms with Crippen molar-refractivity contribution in [3.63, 3.8) is 0 Å². The number of rotatable bonds is 9. The van der Waals surface area contributed by atoms with E-state index in [1.807, 2.05) is 0 Å². The van der Waals surface area contributed by atoms with E-state index in [0.29, 0.717) is 5.56 Å². The molecule has 24 heavy (non-hydrogen) atoms. The minimum Gasteiger partial charge on any atom is -0.481 e. The lowest BCUT2D eigenvalue weighted by Gasteiger charge is -2.25. The molecule has 132 valence electrons. The van der Waals surface area contributed by atoms with Gasteiger partial charge in [-0.2, -0.15) is 0 Å². The second-order valence-electron chi connectivity index (χ2n) is 5.90. The van der Waals surface area contributed by atoms with Crippen LogP contribution in [0.4, 0.5) is 0 Å². The summed E-state index contributed by atoms with van der Waals surface area (Å²) in [7, 11) is -3.64. The first-order chi connectivity index (χ1) is 11.1. The molecule has 0 aromatic heterocycles. The lowest BCUT2D eigenvalue weighted by Crippen LogP contribution is -2.43. The van der Waals surface area contributed by atoms with E-state index in [2.05, 4.69) is 16.6 Å². The van der Waals surface area contributed by atoms with Crippen LogP contribution in [-0.4, -0.2) is 37.5 Å². The Labute approximate surface area is 141 Å². The summed E-state index contributed by atoms with van der Waals surface area (Å²) in [6, 6.07) is 5.49. The summed E-state index contributed by atoms with van der Waals surface area (Å²) in [5.74, 6) is -1.33. The average molecular weight is 354 g/mol. The number of carbonyl (C=O) groups is 2. The van der Waals surface area contributed by atoms with Crippen LogP contribution >= 0.6 is 0 Å². The molecule has 0 saturated heterocycles. The van der Waals surface area contributed by atoms with Crippen molar-refractivity contribution < 1.29 is 23.1 Å². The van der Waals surface area contributed by atoms with Crippen molar-refractivity contribution in [2.75, 3.05) is 6.54 Å². The molecule has 3 N–H and O–H groups in total. The summed E-state index contributed by atoms with van der Waals surface area (Å²) in [5.41, 5.74) is -0.396. The average Bonchev–Trinajstić information content (AvgIpc) is 2.51. The van der Waals surface area contributed by atoms with Crippen molar-refractivity contribution in [2.45, 2.75) is 37.1 Å². The molecule has 0 heterocycles. The van der Waals surface area contributed by atoms with Gasteiger partial charge in [0, 0.05) is 24.1 Å². The Hall–Kier alpha value is -2.19. The quantitative estimate of drug-likeness (QED) is 0.582. The second-order valence-corrected chi connectivity index (χ2v) is 7.66. The second kappa shape index (κ2) is 8.07. The molecule has 0 aliphatic heterocycles. The molecule has 0 saturated carbocycles. The molecule has 0 unspecified atom stereocenters. The van der Waals surface area contributed by atoms with E-state index in [1.165, 1.54) is 30.3 Å². The zero-order valence-corrected chi connectivity index (χ0v) is 14.5. The minimum atomic E-state index is -3.64. The first kappa shape index (κ1) is 19.9. The maximum Gasteiger partial charge on any atom is 0.303 e. The summed E-state index contributed by atoms with van der Waals surface area (Å²) in [5, 5.41) is 11.5. The first-order valence-electron chi connectivity index (χ1n) is 7.32. The monoisotopic (exact) mass is 354 g/mol. The van der Waals surface area contributed by atoms with Gasteiger partial charge in [-0.25, -0.2) is 13.1 Å². The van der Waals surface area contributed by atoms with Crippen LogP contribution in [-0.2, 0) is 14.8 Å². The standard InChI is InChI=1S/C16H22N2O5S/c1-4-11-17-24(22,23)13-7-5-12(6-8-13)15(21)18-16(2,3)10-9-14(19)20/h4-8,17H,1,9-11H2,2-3H3,(H,18,21)(H,19,20). The number of nitrogens with one attached hydrogen (secondary N) is 2. The van der Waals surface area contributed by atoms with Gasteiger partial charge in [0.1, 0.15) is 0 Å². The minimum absolute atomic E-state index is 0.0473. The van der Waals surface area contributed by atoms with Crippen molar-refractivity contribution in [1.29, 1.82) is 0 Å². The molecule has 0 aliphatic rings. The van der Waals surface area contributed by atoms with Crippen LogP contribution in [0.5, 0.6) is 0 Å². The molecule has 0 atom stereocenters. The highest BCUT2D eigenvalue weighted by Gasteiger charge is 2.22. The molecule has 1 amide bonds. The molecule has 1 aromatic rings. The van der Waals surface area contributed by atoms with Crippen LogP contribution in [0.2, 0.25) is 0 Å². The van der Waals surface area contributed by atoms with E-state index < -0.39 is 27.4 Å². The Morgan fingerprint density at radius 1 is 1.25 bits per heavy atom. The topological polar surface area (TPSA) is 113 Å². The van der Waals surface area contributed by atoms with E-state index in [1.54, 1.807) is 13.8 Å². The lowest BCUT2D eigenvalue weighted by atomic mass is 9.98. The smallest absolute Gasteiger partial charge is 0.303 e. The fourth-order valence-electron chi connectivity index (χ4n) is 1.90. The number of carboxylic acid groups (broad SMARTS) is 1. The third-order valence-electron chi connectivity index (χ3n) is 3.26. The Morgan fingerprint density at radius 3 is 2.33 bits per heavy atom. The van der Waals surface area contributed by atoms with E-state index in [9.17, 15) is 18.0 Å². The van der Waals surface area contributed by atoms with E-state index in [0.717, 1.165) is 0 Å². The largest absolute Gasteiger partial charge is 0.481 e. The van der Waals surface area contributed by atoms with Crippen LogP contribution in [0.25, 0.3) is 0 Å². The SMILES string of the molecule is C=CCNS(=O)(=O)c1ccc(C(=O)NC(C)(C)CCC(=O)O)cc1. The van der Waals surface area contributed by atoms with Crippen LogP contribution in [0.3, 0.4) is 0 Å². The van der Waals surface area contributed by atoms with Gasteiger partial charge in [-0.15, -0.1) is 6.58 Å². The Bertz CT molecular complexity index is 708. The molecule has 1 aromatic carbocycles. The van der Waals surface area contributed by atoms with Gasteiger partial charge >= 0.3 is 5.97 Å². The summed E-state index contributed by atoms with van der Waals surface area (Å²) in [6.07, 6.45) is 1.66. The van der Waals surface area contributed by atoms with Gasteiger partial charge in [0.2, 0.25) is 10.0 Å². The predicted octanol–water partition coefficient (Wildman–Crippen LogP) is 1.52. The summed E-state index contributed by atoms with van der Waals surface area (Å²) in [4.78, 5) is 22.9. The normalized spacial score (nSPS) is 11.8. The van der Waals surface area contributed by atoms with Crippen LogP contribution in [0.1, 0.15) is 37.0 Å². The predicted molar refractivity (Wildman–Crippen MR) is 90.2 cm³/mol. The molecule has 1 rings (SSSR count). The summed E-state index contributed by atoms with van der Waals surface area (Å²) >= 11 is 0. The maximum absolute atomic E-state index is 12.2. The fourth-order valence-corrected chi connectivity index (χ4v) is 2.90. The van der Waals surface area contributed by atoms with Gasteiger partial charge in [-0.1, -0.05) is 6.08 Å². The molecular weight excluding hydrogens is 332 g/mol. The van der Waals surface area contributed by atoms with E-state index in [4.69, 9.17) is 5.11 Å². The van der Waals surface area contributed by atoms with Crippen molar-refractivity contribution >= 4 is 21.9 Å². The number of hydrogen-bond acceptors (Lipinski definition) is 4. The van der Waals surface area contributed by atoms with Crippen LogP contribution in [0.15, 0.2) is 41.8 Å². The summed E-state index contributed by atoms with van der Waals surface area (Å²) in [6.45, 7) is 7.01. The number of aliphatic carboxylic acids is 1. The highest BCUT2D eigenvalue weighted by Crippen LogP contribution is 2.14. The molecule has 0 aliphatic carbocycles. The van der Waals surface area contributed by atoms with Gasteiger partial charge in [0.05, 0.1) is 4.90 Å². The summed E-state index contributed by atoms with van der Waals surface area (Å²) < 4.78 is 26.2. The molecular formula is C16H22N2O5S. The molecule has 7 nitrogen and oxygen atoms in total. The van der Waals surface area contributed by atoms with Gasteiger partial charge in [-0.3, -0.25) is 9.59 Å². The zero-order valence-electron chi connectivity index (χ0n) is 13.7. The Kier molecular flexibility index (Phi) is 6.68. The number of amides is 1. The highest BCUT2D eigenvalue weighted by molar-refractivity contribution is 7.89. The van der Waals surface area contributed by atoms with Crippen LogP contribution in [0, 0.1) is 0 Å². The highest BCUT2D eigenvalue weighted by atomic mass is 32.2. The van der Waals surface area contributed by atoms with Gasteiger partial charge in [0.25, 0.3) is 5.91 Å². The number of hydrogen-bond donors (Lipinski definition) is 3. The van der Waals surface area contributed by atoms with Gasteiger partial charge < -0.3 is 10.4 Å². The third-order valence-corrected chi connectivity index (χ3v) is 4.70.